The van der Waals surface area contributed by atoms with E-state index in [0.29, 0.717) is 0 Å². The Morgan fingerprint density at radius 3 is 2.57 bits per heavy atom. The van der Waals surface area contributed by atoms with Crippen LogP contribution in [0.25, 0.3) is 0 Å². The van der Waals surface area contributed by atoms with Crippen molar-refractivity contribution in [3.63, 3.8) is 0 Å². The fraction of sp³-hybridized carbons (Fsp3) is 0.250. The highest BCUT2D eigenvalue weighted by molar-refractivity contribution is 5.44. The van der Waals surface area contributed by atoms with Gasteiger partial charge in [0.05, 0.1) is 6.54 Å². The first-order valence-electron chi connectivity index (χ1n) is 4.08. The van der Waals surface area contributed by atoms with Crippen LogP contribution in [0.4, 0.5) is 5.69 Å². The average Bonchev–Trinajstić information content (AvgIpc) is 2.15. The van der Waals surface area contributed by atoms with Crippen LogP contribution >= 0.6 is 0 Å². The van der Waals surface area contributed by atoms with Crippen LogP contribution in [0.5, 0.6) is 5.75 Å². The van der Waals surface area contributed by atoms with Gasteiger partial charge in [-0.25, -0.2) is 5.43 Å². The molecule has 0 unspecified atom stereocenters. The number of nitrogens with zero attached hydrogens (tertiary/aromatic N) is 1. The van der Waals surface area contributed by atoms with Gasteiger partial charge in [0.1, 0.15) is 5.75 Å². The van der Waals surface area contributed by atoms with E-state index in [2.05, 4.69) is 10.9 Å². The van der Waals surface area contributed by atoms with Crippen LogP contribution < -0.4 is 10.9 Å². The standard InChI is InChI=1S/C8H11N3O3/c12-8-3-1-7(2-4-8)10-9-5-6-11(13)14/h1-4,9-10,12H,5-6H2. The van der Waals surface area contributed by atoms with Gasteiger partial charge in [-0.3, -0.25) is 10.1 Å². The number of hydrogen-bond donors (Lipinski definition) is 3. The zero-order chi connectivity index (χ0) is 10.4. The number of aromatic hydroxyl groups is 1. The predicted molar refractivity (Wildman–Crippen MR) is 51.6 cm³/mol. The zero-order valence-corrected chi connectivity index (χ0v) is 7.43. The zero-order valence-electron chi connectivity index (χ0n) is 7.43. The SMILES string of the molecule is O=[N+]([O-])CCNNc1ccc(O)cc1. The Bertz CT molecular complexity index is 299. The molecular weight excluding hydrogens is 186 g/mol. The normalized spacial score (nSPS) is 9.71. The highest BCUT2D eigenvalue weighted by Gasteiger charge is 1.95. The molecule has 0 aliphatic heterocycles. The molecule has 3 N–H and O–H groups in total. The van der Waals surface area contributed by atoms with Gasteiger partial charge >= 0.3 is 0 Å². The molecule has 0 aliphatic rings. The van der Waals surface area contributed by atoms with Gasteiger partial charge in [-0.2, -0.15) is 0 Å². The number of benzene rings is 1. The second-order valence-corrected chi connectivity index (χ2v) is 2.65. The topological polar surface area (TPSA) is 87.4 Å². The van der Waals surface area contributed by atoms with Gasteiger partial charge in [-0.15, -0.1) is 0 Å². The summed E-state index contributed by atoms with van der Waals surface area (Å²) in [5.41, 5.74) is 6.18. The molecule has 0 heterocycles. The summed E-state index contributed by atoms with van der Waals surface area (Å²) in [6.45, 7) is 0.110. The third-order valence-corrected chi connectivity index (χ3v) is 1.52. The van der Waals surface area contributed by atoms with E-state index < -0.39 is 4.92 Å². The van der Waals surface area contributed by atoms with Crippen molar-refractivity contribution < 1.29 is 10.0 Å². The summed E-state index contributed by atoms with van der Waals surface area (Å²) in [7, 11) is 0. The van der Waals surface area contributed by atoms with Crippen LogP contribution in [0.1, 0.15) is 0 Å². The first kappa shape index (κ1) is 10.3. The van der Waals surface area contributed by atoms with Gasteiger partial charge in [0.15, 0.2) is 0 Å². The Balaban J connectivity index is 2.25. The van der Waals surface area contributed by atoms with Gasteiger partial charge in [0.2, 0.25) is 6.54 Å². The smallest absolute Gasteiger partial charge is 0.217 e. The van der Waals surface area contributed by atoms with Crippen LogP contribution in [-0.4, -0.2) is 23.1 Å². The van der Waals surface area contributed by atoms with Crippen molar-refractivity contribution in [3.8, 4) is 5.75 Å². The molecule has 1 aromatic rings. The van der Waals surface area contributed by atoms with Gasteiger partial charge < -0.3 is 10.5 Å². The van der Waals surface area contributed by atoms with E-state index in [1.165, 1.54) is 12.1 Å². The Hall–Kier alpha value is -1.82. The molecule has 0 saturated carbocycles. The van der Waals surface area contributed by atoms with Gasteiger partial charge in [-0.05, 0) is 24.3 Å². The number of rotatable bonds is 5. The van der Waals surface area contributed by atoms with E-state index in [9.17, 15) is 10.1 Å². The molecule has 6 heteroatoms. The molecule has 0 radical (unpaired) electrons. The molecule has 1 rings (SSSR count). The van der Waals surface area contributed by atoms with E-state index in [1.54, 1.807) is 12.1 Å². The van der Waals surface area contributed by atoms with Gasteiger partial charge in [-0.1, -0.05) is 0 Å². The highest BCUT2D eigenvalue weighted by Crippen LogP contribution is 2.12. The Morgan fingerprint density at radius 2 is 2.00 bits per heavy atom. The minimum absolute atomic E-state index is 0.134. The molecule has 76 valence electrons. The number of phenolic OH excluding ortho intramolecular Hbond substituents is 1. The molecule has 0 spiro atoms. The van der Waals surface area contributed by atoms with E-state index in [1.807, 2.05) is 0 Å². The maximum atomic E-state index is 9.96. The van der Waals surface area contributed by atoms with Gasteiger partial charge in [0, 0.05) is 10.6 Å². The van der Waals surface area contributed by atoms with Gasteiger partial charge in [0.25, 0.3) is 0 Å². The molecule has 0 amide bonds. The van der Waals surface area contributed by atoms with Crippen LogP contribution in [0.15, 0.2) is 24.3 Å². The Morgan fingerprint density at radius 1 is 1.36 bits per heavy atom. The fourth-order valence-corrected chi connectivity index (χ4v) is 0.857. The lowest BCUT2D eigenvalue weighted by Gasteiger charge is -2.05. The highest BCUT2D eigenvalue weighted by atomic mass is 16.6. The van der Waals surface area contributed by atoms with Crippen molar-refractivity contribution in [2.24, 2.45) is 0 Å². The lowest BCUT2D eigenvalue weighted by Crippen LogP contribution is -2.27. The molecule has 1 aromatic carbocycles. The van der Waals surface area contributed by atoms with Crippen LogP contribution in [0, 0.1) is 10.1 Å². The minimum atomic E-state index is -0.397. The number of nitro groups is 1. The van der Waals surface area contributed by atoms with E-state index in [-0.39, 0.29) is 18.8 Å². The summed E-state index contributed by atoms with van der Waals surface area (Å²) in [5.74, 6) is 0.181. The van der Waals surface area contributed by atoms with Crippen LogP contribution in [0.3, 0.4) is 0 Å². The first-order valence-corrected chi connectivity index (χ1v) is 4.08. The molecule has 0 atom stereocenters. The van der Waals surface area contributed by atoms with Crippen molar-refractivity contribution in [1.29, 1.82) is 0 Å². The summed E-state index contributed by atoms with van der Waals surface area (Å²) in [4.78, 5) is 9.56. The second kappa shape index (κ2) is 5.03. The molecule has 14 heavy (non-hydrogen) atoms. The third-order valence-electron chi connectivity index (χ3n) is 1.52. The summed E-state index contributed by atoms with van der Waals surface area (Å²) in [6.07, 6.45) is 0. The largest absolute Gasteiger partial charge is 0.508 e. The maximum absolute atomic E-state index is 9.96. The number of hydrazine groups is 1. The summed E-state index contributed by atoms with van der Waals surface area (Å²) >= 11 is 0. The van der Waals surface area contributed by atoms with Crippen LogP contribution in [-0.2, 0) is 0 Å². The first-order chi connectivity index (χ1) is 6.68. The summed E-state index contributed by atoms with van der Waals surface area (Å²) in [6, 6.07) is 6.37. The molecular formula is C8H11N3O3. The lowest BCUT2D eigenvalue weighted by molar-refractivity contribution is -0.477. The van der Waals surface area contributed by atoms with Crippen LogP contribution in [0.2, 0.25) is 0 Å². The van der Waals surface area contributed by atoms with Crippen molar-refractivity contribution in [3.05, 3.63) is 34.4 Å². The van der Waals surface area contributed by atoms with Crippen molar-refractivity contribution >= 4 is 5.69 Å². The average molecular weight is 197 g/mol. The Kier molecular flexibility index (Phi) is 3.69. The molecule has 0 bridgehead atoms. The van der Waals surface area contributed by atoms with E-state index >= 15 is 0 Å². The van der Waals surface area contributed by atoms with Crippen molar-refractivity contribution in [2.75, 3.05) is 18.5 Å². The lowest BCUT2D eigenvalue weighted by atomic mass is 10.3. The monoisotopic (exact) mass is 197 g/mol. The molecule has 0 fully saturated rings. The second-order valence-electron chi connectivity index (χ2n) is 2.65. The maximum Gasteiger partial charge on any atom is 0.217 e. The number of nitrogens with one attached hydrogen (secondary N) is 2. The quantitative estimate of drug-likeness (QED) is 0.278. The van der Waals surface area contributed by atoms with E-state index in [0.717, 1.165) is 5.69 Å². The van der Waals surface area contributed by atoms with Crippen molar-refractivity contribution in [1.82, 2.24) is 5.43 Å². The van der Waals surface area contributed by atoms with E-state index in [4.69, 9.17) is 5.11 Å². The third kappa shape index (κ3) is 3.72. The minimum Gasteiger partial charge on any atom is -0.508 e. The summed E-state index contributed by atoms with van der Waals surface area (Å²) < 4.78 is 0. The summed E-state index contributed by atoms with van der Waals surface area (Å²) in [5, 5.41) is 18.9. The molecule has 0 aromatic heterocycles. The van der Waals surface area contributed by atoms with Crippen molar-refractivity contribution in [2.45, 2.75) is 0 Å². The predicted octanol–water partition coefficient (Wildman–Crippen LogP) is 0.585. The molecule has 6 nitrogen and oxygen atoms in total. The number of anilines is 1. The molecule has 0 saturated heterocycles. The number of phenols is 1. The fourth-order valence-electron chi connectivity index (χ4n) is 0.857. The number of hydrogen-bond acceptors (Lipinski definition) is 5. The molecule has 0 aliphatic carbocycles. The Labute approximate surface area is 80.7 Å².